The highest BCUT2D eigenvalue weighted by Gasteiger charge is 2.11. The van der Waals surface area contributed by atoms with Crippen LogP contribution >= 0.6 is 11.6 Å². The number of halogens is 1. The van der Waals surface area contributed by atoms with E-state index in [1.165, 1.54) is 0 Å². The van der Waals surface area contributed by atoms with E-state index in [2.05, 4.69) is 10.4 Å². The predicted octanol–water partition coefficient (Wildman–Crippen LogP) is 3.80. The van der Waals surface area contributed by atoms with Gasteiger partial charge in [0, 0.05) is 12.1 Å². The molecule has 1 heterocycles. The van der Waals surface area contributed by atoms with Gasteiger partial charge in [-0.3, -0.25) is 9.48 Å². The molecular formula is C16H20ClN3O. The van der Waals surface area contributed by atoms with Crippen molar-refractivity contribution in [1.82, 2.24) is 9.78 Å². The normalized spacial score (nSPS) is 10.7. The fourth-order valence-electron chi connectivity index (χ4n) is 2.18. The number of aryl methyl sites for hydroxylation is 4. The predicted molar refractivity (Wildman–Crippen MR) is 85.9 cm³/mol. The van der Waals surface area contributed by atoms with Gasteiger partial charge >= 0.3 is 0 Å². The molecule has 2 rings (SSSR count). The second kappa shape index (κ2) is 6.31. The topological polar surface area (TPSA) is 46.9 Å². The van der Waals surface area contributed by atoms with Crippen LogP contribution in [0.25, 0.3) is 0 Å². The van der Waals surface area contributed by atoms with E-state index in [0.29, 0.717) is 18.0 Å². The maximum absolute atomic E-state index is 12.1. The van der Waals surface area contributed by atoms with Gasteiger partial charge in [0.25, 0.3) is 0 Å². The van der Waals surface area contributed by atoms with Crippen LogP contribution in [0.2, 0.25) is 5.02 Å². The second-order valence-electron chi connectivity index (χ2n) is 5.32. The average molecular weight is 306 g/mol. The third-order valence-electron chi connectivity index (χ3n) is 3.51. The molecule has 112 valence electrons. The van der Waals surface area contributed by atoms with Crippen molar-refractivity contribution in [3.63, 3.8) is 0 Å². The molecule has 0 aliphatic heterocycles. The Labute approximate surface area is 130 Å². The van der Waals surface area contributed by atoms with Gasteiger partial charge in [0.05, 0.1) is 23.0 Å². The summed E-state index contributed by atoms with van der Waals surface area (Å²) in [6.45, 7) is 8.28. The molecule has 0 aliphatic rings. The van der Waals surface area contributed by atoms with Crippen molar-refractivity contribution in [3.8, 4) is 0 Å². The van der Waals surface area contributed by atoms with Gasteiger partial charge < -0.3 is 5.32 Å². The summed E-state index contributed by atoms with van der Waals surface area (Å²) in [5.74, 6) is -0.0209. The number of anilines is 1. The van der Waals surface area contributed by atoms with Gasteiger partial charge in [-0.2, -0.15) is 5.10 Å². The highest BCUT2D eigenvalue weighted by molar-refractivity contribution is 6.31. The monoisotopic (exact) mass is 305 g/mol. The van der Waals surface area contributed by atoms with E-state index in [4.69, 9.17) is 11.6 Å². The number of rotatable bonds is 4. The zero-order valence-electron chi connectivity index (χ0n) is 12.8. The molecule has 0 fully saturated rings. The summed E-state index contributed by atoms with van der Waals surface area (Å²) < 4.78 is 1.78. The molecule has 0 saturated heterocycles. The van der Waals surface area contributed by atoms with E-state index in [0.717, 1.165) is 28.2 Å². The Balaban J connectivity index is 1.99. The summed E-state index contributed by atoms with van der Waals surface area (Å²) in [6.07, 6.45) is 0.367. The third-order valence-corrected chi connectivity index (χ3v) is 4.06. The van der Waals surface area contributed by atoms with Gasteiger partial charge in [-0.15, -0.1) is 0 Å². The van der Waals surface area contributed by atoms with E-state index in [1.54, 1.807) is 4.68 Å². The van der Waals surface area contributed by atoms with Crippen molar-refractivity contribution in [1.29, 1.82) is 0 Å². The molecule has 2 aromatic rings. The van der Waals surface area contributed by atoms with Crippen molar-refractivity contribution in [3.05, 3.63) is 45.7 Å². The molecule has 0 aliphatic carbocycles. The second-order valence-corrected chi connectivity index (χ2v) is 5.70. The summed E-state index contributed by atoms with van der Waals surface area (Å²) in [4.78, 5) is 12.1. The standard InChI is InChI=1S/C16H20ClN3O/c1-10-5-6-11(2)14(9-10)18-15(21)7-8-20-13(4)16(17)12(3)19-20/h5-6,9H,7-8H2,1-4H3,(H,18,21). The van der Waals surface area contributed by atoms with Crippen LogP contribution in [0.4, 0.5) is 5.69 Å². The molecule has 1 N–H and O–H groups in total. The smallest absolute Gasteiger partial charge is 0.226 e. The molecule has 0 saturated carbocycles. The lowest BCUT2D eigenvalue weighted by atomic mass is 10.1. The van der Waals surface area contributed by atoms with Crippen LogP contribution in [0.5, 0.6) is 0 Å². The largest absolute Gasteiger partial charge is 0.326 e. The average Bonchev–Trinajstić information content (AvgIpc) is 2.68. The molecule has 1 aromatic carbocycles. The molecule has 0 radical (unpaired) electrons. The summed E-state index contributed by atoms with van der Waals surface area (Å²) in [5, 5.41) is 7.95. The Bertz CT molecular complexity index is 676. The first kappa shape index (κ1) is 15.6. The Morgan fingerprint density at radius 3 is 2.62 bits per heavy atom. The molecule has 0 bridgehead atoms. The van der Waals surface area contributed by atoms with Gasteiger partial charge in [0.15, 0.2) is 0 Å². The summed E-state index contributed by atoms with van der Waals surface area (Å²) >= 11 is 6.10. The van der Waals surface area contributed by atoms with E-state index >= 15 is 0 Å². The Hall–Kier alpha value is -1.81. The molecule has 21 heavy (non-hydrogen) atoms. The highest BCUT2D eigenvalue weighted by atomic mass is 35.5. The number of amides is 1. The van der Waals surface area contributed by atoms with Crippen molar-refractivity contribution < 1.29 is 4.79 Å². The number of nitrogens with zero attached hydrogens (tertiary/aromatic N) is 2. The van der Waals surface area contributed by atoms with Gasteiger partial charge in [-0.05, 0) is 44.9 Å². The molecule has 5 heteroatoms. The van der Waals surface area contributed by atoms with Crippen molar-refractivity contribution in [2.75, 3.05) is 5.32 Å². The van der Waals surface area contributed by atoms with Crippen molar-refractivity contribution >= 4 is 23.2 Å². The number of hydrogen-bond donors (Lipinski definition) is 1. The lowest BCUT2D eigenvalue weighted by molar-refractivity contribution is -0.116. The number of carbonyl (C=O) groups excluding carboxylic acids is 1. The molecule has 1 amide bonds. The minimum Gasteiger partial charge on any atom is -0.326 e. The zero-order valence-corrected chi connectivity index (χ0v) is 13.6. The van der Waals surface area contributed by atoms with Gasteiger partial charge in [-0.25, -0.2) is 0 Å². The molecule has 0 unspecified atom stereocenters. The van der Waals surface area contributed by atoms with Crippen LogP contribution in [-0.4, -0.2) is 15.7 Å². The van der Waals surface area contributed by atoms with Crippen LogP contribution in [-0.2, 0) is 11.3 Å². The van der Waals surface area contributed by atoms with Gasteiger partial charge in [-0.1, -0.05) is 23.7 Å². The number of hydrogen-bond acceptors (Lipinski definition) is 2. The molecule has 0 spiro atoms. The van der Waals surface area contributed by atoms with Crippen LogP contribution in [0.1, 0.15) is 28.9 Å². The lowest BCUT2D eigenvalue weighted by Crippen LogP contribution is -2.16. The van der Waals surface area contributed by atoms with Crippen LogP contribution < -0.4 is 5.32 Å². The maximum Gasteiger partial charge on any atom is 0.226 e. The first-order valence-electron chi connectivity index (χ1n) is 6.95. The van der Waals surface area contributed by atoms with Gasteiger partial charge in [0.1, 0.15) is 0 Å². The number of nitrogens with one attached hydrogen (secondary N) is 1. The van der Waals surface area contributed by atoms with Crippen molar-refractivity contribution in [2.45, 2.75) is 40.7 Å². The summed E-state index contributed by atoms with van der Waals surface area (Å²) in [7, 11) is 0. The zero-order chi connectivity index (χ0) is 15.6. The quantitative estimate of drug-likeness (QED) is 0.934. The minimum atomic E-state index is -0.0209. The highest BCUT2D eigenvalue weighted by Crippen LogP contribution is 2.19. The van der Waals surface area contributed by atoms with Crippen LogP contribution in [0.15, 0.2) is 18.2 Å². The van der Waals surface area contributed by atoms with Crippen LogP contribution in [0.3, 0.4) is 0 Å². The molecular weight excluding hydrogens is 286 g/mol. The van der Waals surface area contributed by atoms with Gasteiger partial charge in [0.2, 0.25) is 5.91 Å². The molecule has 4 nitrogen and oxygen atoms in total. The number of benzene rings is 1. The Morgan fingerprint density at radius 2 is 2.00 bits per heavy atom. The molecule has 1 aromatic heterocycles. The minimum absolute atomic E-state index is 0.0209. The number of aromatic nitrogens is 2. The number of carbonyl (C=O) groups is 1. The SMILES string of the molecule is Cc1ccc(C)c(NC(=O)CCn2nc(C)c(Cl)c2C)c1. The van der Waals surface area contributed by atoms with E-state index in [1.807, 2.05) is 45.9 Å². The van der Waals surface area contributed by atoms with E-state index in [9.17, 15) is 4.79 Å². The maximum atomic E-state index is 12.1. The fraction of sp³-hybridized carbons (Fsp3) is 0.375. The Kier molecular flexibility index (Phi) is 4.68. The first-order chi connectivity index (χ1) is 9.88. The van der Waals surface area contributed by atoms with Crippen molar-refractivity contribution in [2.24, 2.45) is 0 Å². The van der Waals surface area contributed by atoms with E-state index in [-0.39, 0.29) is 5.91 Å². The summed E-state index contributed by atoms with van der Waals surface area (Å²) in [5.41, 5.74) is 4.74. The van der Waals surface area contributed by atoms with Crippen LogP contribution in [0, 0.1) is 27.7 Å². The Morgan fingerprint density at radius 1 is 1.29 bits per heavy atom. The lowest BCUT2D eigenvalue weighted by Gasteiger charge is -2.10. The van der Waals surface area contributed by atoms with E-state index < -0.39 is 0 Å². The third kappa shape index (κ3) is 3.64. The fourth-order valence-corrected chi connectivity index (χ4v) is 2.32. The molecule has 0 atom stereocenters. The first-order valence-corrected chi connectivity index (χ1v) is 7.33. The summed E-state index contributed by atoms with van der Waals surface area (Å²) in [6, 6.07) is 6.02.